The molecule has 37 heavy (non-hydrogen) atoms. The number of carboxylic acids is 3. The molecule has 1 fully saturated rings. The number of amides is 1. The van der Waals surface area contributed by atoms with E-state index in [9.17, 15) is 34.5 Å². The summed E-state index contributed by atoms with van der Waals surface area (Å²) < 4.78 is 6.45. The zero-order valence-electron chi connectivity index (χ0n) is 20.2. The van der Waals surface area contributed by atoms with E-state index in [-0.39, 0.29) is 58.3 Å². The van der Waals surface area contributed by atoms with Crippen molar-refractivity contribution in [3.05, 3.63) is 29.8 Å². The Labute approximate surface area is 228 Å². The lowest BCUT2D eigenvalue weighted by molar-refractivity contribution is -0.308. The largest absolute Gasteiger partial charge is 0.549 e. The Hall–Kier alpha value is -2.93. The van der Waals surface area contributed by atoms with Gasteiger partial charge in [0.25, 0.3) is 0 Å². The fourth-order valence-corrected chi connectivity index (χ4v) is 3.98. The van der Waals surface area contributed by atoms with Crippen LogP contribution < -0.4 is 25.4 Å². The molecule has 0 bridgehead atoms. The van der Waals surface area contributed by atoms with Gasteiger partial charge in [-0.05, 0) is 24.3 Å². The number of carbonyl (C=O) groups is 4. The molecule has 202 valence electrons. The summed E-state index contributed by atoms with van der Waals surface area (Å²) in [4.78, 5) is 49.7. The van der Waals surface area contributed by atoms with Crippen LogP contribution in [0.15, 0.2) is 24.3 Å². The number of rotatable bonds is 10. The van der Waals surface area contributed by atoms with Crippen LogP contribution in [0.25, 0.3) is 0 Å². The summed E-state index contributed by atoms with van der Waals surface area (Å²) in [5.41, 5.74) is 0.701. The maximum absolute atomic E-state index is 11.3. The summed E-state index contributed by atoms with van der Waals surface area (Å²) in [5.74, 6) is 2.28. The van der Waals surface area contributed by atoms with E-state index in [4.69, 9.17) is 4.74 Å². The first kappa shape index (κ1) is 30.3. The highest BCUT2D eigenvalue weighted by atomic mass is 127. The standard InChI is InChI=1S/C24H31IN4O8/c25-12-21(30)26-7-1-2-18-3-5-19(6-4-18)37-20-13-28(16-23(33)34)10-8-27(15-22(31)32)9-11-29(14-20)17-24(35)36/h3-6,20H,7-17H2,(H,26,30)(H,31,32)(H,33,34)(H,35,36)/p-3. The first-order chi connectivity index (χ1) is 17.6. The van der Waals surface area contributed by atoms with Gasteiger partial charge >= 0.3 is 0 Å². The van der Waals surface area contributed by atoms with Crippen LogP contribution in [0, 0.1) is 11.8 Å². The van der Waals surface area contributed by atoms with E-state index in [1.807, 2.05) is 22.6 Å². The molecule has 1 saturated heterocycles. The number of nitrogens with zero attached hydrogens (tertiary/aromatic N) is 3. The maximum atomic E-state index is 11.3. The molecule has 0 atom stereocenters. The Morgan fingerprint density at radius 1 is 0.865 bits per heavy atom. The van der Waals surface area contributed by atoms with E-state index in [1.54, 1.807) is 39.0 Å². The van der Waals surface area contributed by atoms with Crippen LogP contribution in [0.3, 0.4) is 0 Å². The number of hydrogen-bond acceptors (Lipinski definition) is 11. The first-order valence-electron chi connectivity index (χ1n) is 11.5. The van der Waals surface area contributed by atoms with Crippen molar-refractivity contribution in [3.8, 4) is 17.6 Å². The van der Waals surface area contributed by atoms with E-state index in [0.717, 1.165) is 0 Å². The van der Waals surface area contributed by atoms with Crippen LogP contribution >= 0.6 is 22.6 Å². The van der Waals surface area contributed by atoms with Gasteiger partial charge in [-0.15, -0.1) is 0 Å². The van der Waals surface area contributed by atoms with E-state index in [2.05, 4.69) is 17.2 Å². The van der Waals surface area contributed by atoms with Gasteiger partial charge in [0.2, 0.25) is 5.91 Å². The van der Waals surface area contributed by atoms with E-state index in [0.29, 0.717) is 15.7 Å². The lowest BCUT2D eigenvalue weighted by atomic mass is 10.2. The van der Waals surface area contributed by atoms with Crippen LogP contribution in [0.5, 0.6) is 5.75 Å². The number of ether oxygens (including phenoxy) is 1. The van der Waals surface area contributed by atoms with Crippen molar-refractivity contribution in [2.45, 2.75) is 6.10 Å². The van der Waals surface area contributed by atoms with E-state index < -0.39 is 37.1 Å². The Balaban J connectivity index is 2.15. The summed E-state index contributed by atoms with van der Waals surface area (Å²) in [6.07, 6.45) is -0.605. The van der Waals surface area contributed by atoms with Crippen molar-refractivity contribution in [1.82, 2.24) is 20.0 Å². The molecule has 0 spiro atoms. The minimum absolute atomic E-state index is 0.101. The fraction of sp³-hybridized carbons (Fsp3) is 0.500. The van der Waals surface area contributed by atoms with Gasteiger partial charge in [0, 0.05) is 64.5 Å². The van der Waals surface area contributed by atoms with Crippen LogP contribution in [0.4, 0.5) is 0 Å². The number of carbonyl (C=O) groups excluding carboxylic acids is 4. The molecule has 1 amide bonds. The molecule has 0 aliphatic carbocycles. The predicted molar refractivity (Wildman–Crippen MR) is 134 cm³/mol. The molecular weight excluding hydrogens is 599 g/mol. The van der Waals surface area contributed by atoms with Crippen LogP contribution in [-0.4, -0.2) is 114 Å². The number of halogens is 1. The SMILES string of the molecule is O=C([O-])CN1CCN(CC(=O)[O-])CC(Oc2ccc(C#CCNC(=O)CI)cc2)CN(CC(=O)[O-])CC1. The number of nitrogens with one attached hydrogen (secondary N) is 1. The third-order valence-corrected chi connectivity index (χ3v) is 6.02. The molecule has 1 aliphatic rings. The molecule has 0 saturated carbocycles. The third kappa shape index (κ3) is 12.7. The van der Waals surface area contributed by atoms with Gasteiger partial charge in [0.15, 0.2) is 0 Å². The average molecular weight is 627 g/mol. The number of hydrogen-bond donors (Lipinski definition) is 1. The van der Waals surface area contributed by atoms with Gasteiger partial charge in [-0.3, -0.25) is 19.5 Å². The van der Waals surface area contributed by atoms with Crippen LogP contribution in [0.1, 0.15) is 5.56 Å². The summed E-state index contributed by atoms with van der Waals surface area (Å²) in [6, 6.07) is 6.86. The molecule has 1 aromatic carbocycles. The predicted octanol–water partition coefficient (Wildman–Crippen LogP) is -4.49. The average Bonchev–Trinajstić information content (AvgIpc) is 2.82. The number of benzene rings is 1. The maximum Gasteiger partial charge on any atom is 0.230 e. The molecule has 13 heteroatoms. The second kappa shape index (κ2) is 16.0. The Kier molecular flexibility index (Phi) is 13.1. The van der Waals surface area contributed by atoms with Gasteiger partial charge in [-0.2, -0.15) is 0 Å². The molecule has 0 aromatic heterocycles. The molecular formula is C24H28IN4O8-3. The lowest BCUT2D eigenvalue weighted by Crippen LogP contribution is -2.54. The molecule has 1 aromatic rings. The number of aliphatic carboxylic acids is 3. The fourth-order valence-electron chi connectivity index (χ4n) is 3.71. The molecule has 0 radical (unpaired) electrons. The Morgan fingerprint density at radius 2 is 1.35 bits per heavy atom. The quantitative estimate of drug-likeness (QED) is 0.151. The van der Waals surface area contributed by atoms with Crippen molar-refractivity contribution >= 4 is 46.4 Å². The van der Waals surface area contributed by atoms with Gasteiger partial charge in [0.05, 0.1) is 28.9 Å². The molecule has 0 unspecified atom stereocenters. The monoisotopic (exact) mass is 627 g/mol. The van der Waals surface area contributed by atoms with Crippen molar-refractivity contribution < 1.29 is 39.2 Å². The molecule has 1 N–H and O–H groups in total. The summed E-state index contributed by atoms with van der Waals surface area (Å²) in [6.45, 7) is 0.281. The molecule has 1 aliphatic heterocycles. The number of alkyl halides is 1. The molecule has 1 heterocycles. The zero-order valence-corrected chi connectivity index (χ0v) is 22.3. The summed E-state index contributed by atoms with van der Waals surface area (Å²) in [7, 11) is 0. The third-order valence-electron chi connectivity index (χ3n) is 5.33. The van der Waals surface area contributed by atoms with Gasteiger partial charge in [0.1, 0.15) is 11.9 Å². The van der Waals surface area contributed by atoms with Crippen molar-refractivity contribution in [2.75, 3.05) is 69.9 Å². The highest BCUT2D eigenvalue weighted by Crippen LogP contribution is 2.15. The second-order valence-corrected chi connectivity index (χ2v) is 9.10. The Morgan fingerprint density at radius 3 is 1.84 bits per heavy atom. The molecule has 12 nitrogen and oxygen atoms in total. The number of carboxylic acid groups (broad SMARTS) is 3. The summed E-state index contributed by atoms with van der Waals surface area (Å²) in [5, 5.41) is 36.4. The van der Waals surface area contributed by atoms with E-state index in [1.165, 1.54) is 0 Å². The summed E-state index contributed by atoms with van der Waals surface area (Å²) >= 11 is 1.96. The normalized spacial score (nSPS) is 16.2. The van der Waals surface area contributed by atoms with Gasteiger partial charge in [-0.1, -0.05) is 34.4 Å². The minimum atomic E-state index is -1.30. The van der Waals surface area contributed by atoms with Crippen molar-refractivity contribution in [3.63, 3.8) is 0 Å². The molecule has 2 rings (SSSR count). The van der Waals surface area contributed by atoms with Crippen LogP contribution in [-0.2, 0) is 19.2 Å². The van der Waals surface area contributed by atoms with Gasteiger partial charge in [-0.25, -0.2) is 0 Å². The van der Waals surface area contributed by atoms with Crippen LogP contribution in [0.2, 0.25) is 0 Å². The second-order valence-electron chi connectivity index (χ2n) is 8.34. The smallest absolute Gasteiger partial charge is 0.230 e. The Bertz CT molecular complexity index is 965. The first-order valence-corrected chi connectivity index (χ1v) is 13.0. The highest BCUT2D eigenvalue weighted by Gasteiger charge is 2.23. The van der Waals surface area contributed by atoms with E-state index >= 15 is 0 Å². The highest BCUT2D eigenvalue weighted by molar-refractivity contribution is 14.1. The lowest BCUT2D eigenvalue weighted by Gasteiger charge is -2.36. The topological polar surface area (TPSA) is 168 Å². The van der Waals surface area contributed by atoms with Crippen molar-refractivity contribution in [1.29, 1.82) is 0 Å². The zero-order chi connectivity index (χ0) is 27.2. The minimum Gasteiger partial charge on any atom is -0.549 e. The van der Waals surface area contributed by atoms with Crippen molar-refractivity contribution in [2.24, 2.45) is 0 Å². The van der Waals surface area contributed by atoms with Gasteiger partial charge < -0.3 is 39.8 Å².